The van der Waals surface area contributed by atoms with E-state index >= 15 is 0 Å². The number of carbonyl (C=O) groups excluding carboxylic acids is 1. The van der Waals surface area contributed by atoms with Crippen molar-refractivity contribution in [3.63, 3.8) is 0 Å². The largest absolute Gasteiger partial charge is 0.376 e. The summed E-state index contributed by atoms with van der Waals surface area (Å²) < 4.78 is 0. The van der Waals surface area contributed by atoms with Gasteiger partial charge >= 0.3 is 0 Å². The smallest absolute Gasteiger partial charge is 0.243 e. The molecular formula is C16H16Cl2N2O. The van der Waals surface area contributed by atoms with E-state index in [0.717, 1.165) is 5.69 Å². The summed E-state index contributed by atoms with van der Waals surface area (Å²) in [6.07, 6.45) is 0. The van der Waals surface area contributed by atoms with Crippen LogP contribution in [-0.4, -0.2) is 12.5 Å². The topological polar surface area (TPSA) is 41.1 Å². The van der Waals surface area contributed by atoms with E-state index < -0.39 is 0 Å². The van der Waals surface area contributed by atoms with Crippen LogP contribution in [0.2, 0.25) is 10.0 Å². The third kappa shape index (κ3) is 4.38. The summed E-state index contributed by atoms with van der Waals surface area (Å²) in [7, 11) is 0. The Labute approximate surface area is 134 Å². The molecule has 1 amide bonds. The first-order valence-corrected chi connectivity index (χ1v) is 7.27. The van der Waals surface area contributed by atoms with Crippen molar-refractivity contribution in [1.82, 2.24) is 0 Å². The van der Waals surface area contributed by atoms with Crippen LogP contribution in [0, 0.1) is 13.8 Å². The van der Waals surface area contributed by atoms with E-state index in [0.29, 0.717) is 15.7 Å². The fourth-order valence-electron chi connectivity index (χ4n) is 1.82. The van der Waals surface area contributed by atoms with Gasteiger partial charge in [-0.1, -0.05) is 29.3 Å². The van der Waals surface area contributed by atoms with Gasteiger partial charge in [0.2, 0.25) is 5.91 Å². The summed E-state index contributed by atoms with van der Waals surface area (Å²) in [5.41, 5.74) is 3.82. The molecule has 21 heavy (non-hydrogen) atoms. The summed E-state index contributed by atoms with van der Waals surface area (Å²) in [4.78, 5) is 11.9. The Kier molecular flexibility index (Phi) is 5.10. The molecule has 0 atom stereocenters. The van der Waals surface area contributed by atoms with Gasteiger partial charge in [0.1, 0.15) is 0 Å². The Bertz CT molecular complexity index is 671. The van der Waals surface area contributed by atoms with Crippen molar-refractivity contribution in [2.24, 2.45) is 0 Å². The molecule has 2 aromatic carbocycles. The standard InChI is InChI=1S/C16H16Cl2N2O/c1-10-3-5-13(7-11(10)2)19-9-16(21)20-15-8-12(17)4-6-14(15)18/h3-8,19H,9H2,1-2H3,(H,20,21). The Hall–Kier alpha value is -1.71. The third-order valence-corrected chi connectivity index (χ3v) is 3.73. The lowest BCUT2D eigenvalue weighted by molar-refractivity contribution is -0.114. The molecule has 0 aromatic heterocycles. The number of hydrogen-bond donors (Lipinski definition) is 2. The lowest BCUT2D eigenvalue weighted by Gasteiger charge is -2.10. The van der Waals surface area contributed by atoms with Crippen LogP contribution in [0.3, 0.4) is 0 Å². The molecule has 2 rings (SSSR count). The molecule has 0 radical (unpaired) electrons. The second-order valence-corrected chi connectivity index (χ2v) is 5.67. The summed E-state index contributed by atoms with van der Waals surface area (Å²) in [5, 5.41) is 6.79. The maximum atomic E-state index is 11.9. The van der Waals surface area contributed by atoms with Gasteiger partial charge in [0.05, 0.1) is 17.3 Å². The first-order valence-electron chi connectivity index (χ1n) is 6.52. The number of aryl methyl sites for hydroxylation is 2. The number of amides is 1. The van der Waals surface area contributed by atoms with Crippen LogP contribution in [0.25, 0.3) is 0 Å². The molecule has 0 bridgehead atoms. The molecule has 0 aliphatic rings. The fraction of sp³-hybridized carbons (Fsp3) is 0.188. The minimum atomic E-state index is -0.183. The van der Waals surface area contributed by atoms with Crippen LogP contribution in [0.15, 0.2) is 36.4 Å². The zero-order valence-electron chi connectivity index (χ0n) is 11.8. The van der Waals surface area contributed by atoms with Gasteiger partial charge in [0, 0.05) is 10.7 Å². The Balaban J connectivity index is 1.95. The predicted octanol–water partition coefficient (Wildman–Crippen LogP) is 4.66. The molecule has 0 unspecified atom stereocenters. The second kappa shape index (κ2) is 6.83. The van der Waals surface area contributed by atoms with E-state index in [9.17, 15) is 4.79 Å². The molecule has 0 saturated heterocycles. The summed E-state index contributed by atoms with van der Waals surface area (Å²) >= 11 is 11.9. The van der Waals surface area contributed by atoms with Gasteiger partial charge in [-0.25, -0.2) is 0 Å². The van der Waals surface area contributed by atoms with E-state index in [2.05, 4.69) is 10.6 Å². The highest BCUT2D eigenvalue weighted by Crippen LogP contribution is 2.25. The van der Waals surface area contributed by atoms with E-state index in [1.165, 1.54) is 11.1 Å². The van der Waals surface area contributed by atoms with Gasteiger partial charge in [0.25, 0.3) is 0 Å². The average Bonchev–Trinajstić information content (AvgIpc) is 2.44. The van der Waals surface area contributed by atoms with Crippen molar-refractivity contribution in [1.29, 1.82) is 0 Å². The van der Waals surface area contributed by atoms with Gasteiger partial charge in [-0.05, 0) is 55.3 Å². The minimum Gasteiger partial charge on any atom is -0.376 e. The molecule has 110 valence electrons. The van der Waals surface area contributed by atoms with Crippen LogP contribution < -0.4 is 10.6 Å². The Morgan fingerprint density at radius 2 is 1.81 bits per heavy atom. The molecular weight excluding hydrogens is 307 g/mol. The highest BCUT2D eigenvalue weighted by atomic mass is 35.5. The van der Waals surface area contributed by atoms with Crippen LogP contribution in [-0.2, 0) is 4.79 Å². The number of halogens is 2. The normalized spacial score (nSPS) is 10.3. The highest BCUT2D eigenvalue weighted by Gasteiger charge is 2.06. The molecule has 5 heteroatoms. The molecule has 0 aliphatic carbocycles. The van der Waals surface area contributed by atoms with E-state index in [1.807, 2.05) is 32.0 Å². The fourth-order valence-corrected chi connectivity index (χ4v) is 2.16. The number of benzene rings is 2. The van der Waals surface area contributed by atoms with Crippen molar-refractivity contribution in [2.75, 3.05) is 17.2 Å². The van der Waals surface area contributed by atoms with E-state index in [-0.39, 0.29) is 12.5 Å². The SMILES string of the molecule is Cc1ccc(NCC(=O)Nc2cc(Cl)ccc2Cl)cc1C. The molecule has 2 aromatic rings. The number of hydrogen-bond acceptors (Lipinski definition) is 2. The molecule has 0 heterocycles. The van der Waals surface area contributed by atoms with Crippen LogP contribution >= 0.6 is 23.2 Å². The zero-order valence-corrected chi connectivity index (χ0v) is 13.3. The summed E-state index contributed by atoms with van der Waals surface area (Å²) in [5.74, 6) is -0.183. The second-order valence-electron chi connectivity index (χ2n) is 4.82. The first kappa shape index (κ1) is 15.7. The molecule has 0 aliphatic heterocycles. The van der Waals surface area contributed by atoms with Gasteiger partial charge in [0.15, 0.2) is 0 Å². The van der Waals surface area contributed by atoms with Crippen molar-refractivity contribution in [3.05, 3.63) is 57.6 Å². The average molecular weight is 323 g/mol. The van der Waals surface area contributed by atoms with Gasteiger partial charge in [-0.2, -0.15) is 0 Å². The monoisotopic (exact) mass is 322 g/mol. The summed E-state index contributed by atoms with van der Waals surface area (Å²) in [6.45, 7) is 4.24. The Morgan fingerprint density at radius 3 is 2.52 bits per heavy atom. The lowest BCUT2D eigenvalue weighted by Crippen LogP contribution is -2.22. The van der Waals surface area contributed by atoms with Crippen LogP contribution in [0.5, 0.6) is 0 Å². The molecule has 0 fully saturated rings. The third-order valence-electron chi connectivity index (χ3n) is 3.16. The van der Waals surface area contributed by atoms with Crippen LogP contribution in [0.4, 0.5) is 11.4 Å². The zero-order chi connectivity index (χ0) is 15.4. The van der Waals surface area contributed by atoms with Crippen molar-refractivity contribution in [2.45, 2.75) is 13.8 Å². The number of rotatable bonds is 4. The maximum absolute atomic E-state index is 11.9. The number of nitrogens with one attached hydrogen (secondary N) is 2. The van der Waals surface area contributed by atoms with E-state index in [1.54, 1.807) is 18.2 Å². The quantitative estimate of drug-likeness (QED) is 0.859. The number of carbonyl (C=O) groups is 1. The predicted molar refractivity (Wildman–Crippen MR) is 89.5 cm³/mol. The Morgan fingerprint density at radius 1 is 1.05 bits per heavy atom. The van der Waals surface area contributed by atoms with Crippen molar-refractivity contribution >= 4 is 40.5 Å². The molecule has 3 nitrogen and oxygen atoms in total. The first-order chi connectivity index (χ1) is 9.95. The van der Waals surface area contributed by atoms with Gasteiger partial charge in [-0.15, -0.1) is 0 Å². The van der Waals surface area contributed by atoms with Crippen molar-refractivity contribution in [3.8, 4) is 0 Å². The van der Waals surface area contributed by atoms with Crippen molar-refractivity contribution < 1.29 is 4.79 Å². The maximum Gasteiger partial charge on any atom is 0.243 e. The van der Waals surface area contributed by atoms with Crippen LogP contribution in [0.1, 0.15) is 11.1 Å². The molecule has 2 N–H and O–H groups in total. The minimum absolute atomic E-state index is 0.158. The lowest BCUT2D eigenvalue weighted by atomic mass is 10.1. The van der Waals surface area contributed by atoms with Gasteiger partial charge in [-0.3, -0.25) is 4.79 Å². The number of anilines is 2. The molecule has 0 spiro atoms. The van der Waals surface area contributed by atoms with Gasteiger partial charge < -0.3 is 10.6 Å². The molecule has 0 saturated carbocycles. The highest BCUT2D eigenvalue weighted by molar-refractivity contribution is 6.35. The summed E-state index contributed by atoms with van der Waals surface area (Å²) in [6, 6.07) is 10.9. The van der Waals surface area contributed by atoms with E-state index in [4.69, 9.17) is 23.2 Å².